The summed E-state index contributed by atoms with van der Waals surface area (Å²) in [5, 5.41) is 9.99. The van der Waals surface area contributed by atoms with Gasteiger partial charge in [0.15, 0.2) is 0 Å². The van der Waals surface area contributed by atoms with Gasteiger partial charge in [-0.25, -0.2) is 9.97 Å². The van der Waals surface area contributed by atoms with Crippen molar-refractivity contribution in [3.05, 3.63) is 12.4 Å². The highest BCUT2D eigenvalue weighted by molar-refractivity contribution is 7.98. The van der Waals surface area contributed by atoms with E-state index in [0.717, 1.165) is 17.4 Å². The molecule has 5 nitrogen and oxygen atoms in total. The first-order valence-electron chi connectivity index (χ1n) is 5.49. The predicted molar refractivity (Wildman–Crippen MR) is 66.4 cm³/mol. The van der Waals surface area contributed by atoms with Crippen molar-refractivity contribution in [1.29, 1.82) is 0 Å². The number of carbonyl (C=O) groups is 1. The van der Waals surface area contributed by atoms with E-state index in [0.29, 0.717) is 6.42 Å². The van der Waals surface area contributed by atoms with E-state index >= 15 is 0 Å². The second-order valence-corrected chi connectivity index (χ2v) is 4.91. The van der Waals surface area contributed by atoms with Crippen LogP contribution in [0.15, 0.2) is 17.4 Å². The summed E-state index contributed by atoms with van der Waals surface area (Å²) in [6.45, 7) is 2.68. The summed E-state index contributed by atoms with van der Waals surface area (Å²) in [4.78, 5) is 21.4. The molecule has 1 aliphatic rings. The Morgan fingerprint density at radius 3 is 2.94 bits per heavy atom. The van der Waals surface area contributed by atoms with E-state index in [1.807, 2.05) is 24.1 Å². The van der Waals surface area contributed by atoms with E-state index < -0.39 is 5.97 Å². The summed E-state index contributed by atoms with van der Waals surface area (Å²) in [7, 11) is 0. The fraction of sp³-hybridized carbons (Fsp3) is 0.545. The third-order valence-electron chi connectivity index (χ3n) is 3.20. The van der Waals surface area contributed by atoms with Crippen molar-refractivity contribution in [2.75, 3.05) is 17.7 Å². The zero-order valence-corrected chi connectivity index (χ0v) is 10.6. The van der Waals surface area contributed by atoms with Crippen molar-refractivity contribution in [3.8, 4) is 0 Å². The molecule has 1 aliphatic heterocycles. The molecule has 2 rings (SSSR count). The van der Waals surface area contributed by atoms with Crippen LogP contribution in [-0.2, 0) is 4.79 Å². The summed E-state index contributed by atoms with van der Waals surface area (Å²) in [6, 6.07) is 1.89. The zero-order chi connectivity index (χ0) is 12.4. The summed E-state index contributed by atoms with van der Waals surface area (Å²) in [6.07, 6.45) is 4.16. The predicted octanol–water partition coefficient (Wildman–Crippen LogP) is 1.50. The van der Waals surface area contributed by atoms with Crippen LogP contribution in [0.3, 0.4) is 0 Å². The molecule has 2 atom stereocenters. The zero-order valence-electron chi connectivity index (χ0n) is 9.83. The topological polar surface area (TPSA) is 66.3 Å². The van der Waals surface area contributed by atoms with E-state index in [1.54, 1.807) is 11.8 Å². The summed E-state index contributed by atoms with van der Waals surface area (Å²) in [5.41, 5.74) is 0. The highest BCUT2D eigenvalue weighted by Crippen LogP contribution is 2.29. The molecule has 0 amide bonds. The van der Waals surface area contributed by atoms with Crippen LogP contribution < -0.4 is 4.90 Å². The lowest BCUT2D eigenvalue weighted by atomic mass is 10.0. The lowest BCUT2D eigenvalue weighted by Crippen LogP contribution is -2.33. The fourth-order valence-corrected chi connectivity index (χ4v) is 2.57. The fourth-order valence-electron chi connectivity index (χ4n) is 2.19. The lowest BCUT2D eigenvalue weighted by molar-refractivity contribution is -0.141. The maximum absolute atomic E-state index is 11.0. The van der Waals surface area contributed by atoms with Crippen LogP contribution in [0, 0.1) is 5.92 Å². The SMILES string of the molecule is CSc1cc(N2CCC(C(=O)O)C2C)ncn1. The molecule has 1 aromatic heterocycles. The van der Waals surface area contributed by atoms with Gasteiger partial charge in [0, 0.05) is 18.7 Å². The molecule has 17 heavy (non-hydrogen) atoms. The van der Waals surface area contributed by atoms with Gasteiger partial charge in [-0.2, -0.15) is 0 Å². The first-order chi connectivity index (χ1) is 8.13. The summed E-state index contributed by atoms with van der Waals surface area (Å²) >= 11 is 1.56. The standard InChI is InChI=1S/C11H15N3O2S/c1-7-8(11(15)16)3-4-14(7)9-5-10(17-2)13-6-12-9/h5-8H,3-4H2,1-2H3,(H,15,16). The van der Waals surface area contributed by atoms with Gasteiger partial charge >= 0.3 is 5.97 Å². The molecular weight excluding hydrogens is 238 g/mol. The lowest BCUT2D eigenvalue weighted by Gasteiger charge is -2.24. The Kier molecular flexibility index (Phi) is 3.51. The number of nitrogens with zero attached hydrogens (tertiary/aromatic N) is 3. The molecule has 1 fully saturated rings. The van der Waals surface area contributed by atoms with Crippen LogP contribution in [0.2, 0.25) is 0 Å². The van der Waals surface area contributed by atoms with E-state index in [2.05, 4.69) is 9.97 Å². The van der Waals surface area contributed by atoms with Crippen molar-refractivity contribution in [2.24, 2.45) is 5.92 Å². The van der Waals surface area contributed by atoms with E-state index in [9.17, 15) is 4.79 Å². The molecule has 1 aromatic rings. The molecule has 92 valence electrons. The Labute approximate surface area is 104 Å². The van der Waals surface area contributed by atoms with Gasteiger partial charge in [0.1, 0.15) is 17.2 Å². The first kappa shape index (κ1) is 12.2. The molecule has 0 bridgehead atoms. The minimum Gasteiger partial charge on any atom is -0.481 e. The van der Waals surface area contributed by atoms with E-state index in [1.165, 1.54) is 6.33 Å². The largest absolute Gasteiger partial charge is 0.481 e. The Morgan fingerprint density at radius 1 is 1.59 bits per heavy atom. The third-order valence-corrected chi connectivity index (χ3v) is 3.84. The van der Waals surface area contributed by atoms with Gasteiger partial charge in [-0.3, -0.25) is 4.79 Å². The molecule has 6 heteroatoms. The molecular formula is C11H15N3O2S. The molecule has 2 unspecified atom stereocenters. The average Bonchev–Trinajstić information content (AvgIpc) is 2.71. The highest BCUT2D eigenvalue weighted by atomic mass is 32.2. The van der Waals surface area contributed by atoms with Gasteiger partial charge in [-0.05, 0) is 19.6 Å². The maximum atomic E-state index is 11.0. The number of aromatic nitrogens is 2. The normalized spacial score (nSPS) is 24.0. The summed E-state index contributed by atoms with van der Waals surface area (Å²) < 4.78 is 0. The van der Waals surface area contributed by atoms with Crippen LogP contribution in [0.1, 0.15) is 13.3 Å². The number of rotatable bonds is 3. The van der Waals surface area contributed by atoms with Gasteiger partial charge < -0.3 is 10.0 Å². The molecule has 0 aromatic carbocycles. The van der Waals surface area contributed by atoms with Crippen molar-refractivity contribution in [2.45, 2.75) is 24.4 Å². The third kappa shape index (κ3) is 2.36. The van der Waals surface area contributed by atoms with Gasteiger partial charge in [0.05, 0.1) is 5.92 Å². The molecule has 2 heterocycles. The van der Waals surface area contributed by atoms with Crippen LogP contribution >= 0.6 is 11.8 Å². The maximum Gasteiger partial charge on any atom is 0.308 e. The van der Waals surface area contributed by atoms with Crippen LogP contribution in [0.4, 0.5) is 5.82 Å². The number of carboxylic acids is 1. The van der Waals surface area contributed by atoms with E-state index in [4.69, 9.17) is 5.11 Å². The van der Waals surface area contributed by atoms with Crippen molar-refractivity contribution in [3.63, 3.8) is 0 Å². The molecule has 1 N–H and O–H groups in total. The smallest absolute Gasteiger partial charge is 0.308 e. The highest BCUT2D eigenvalue weighted by Gasteiger charge is 2.36. The Morgan fingerprint density at radius 2 is 2.35 bits per heavy atom. The Balaban J connectivity index is 2.20. The second-order valence-electron chi connectivity index (χ2n) is 4.09. The minimum atomic E-state index is -0.723. The number of carboxylic acid groups (broad SMARTS) is 1. The number of hydrogen-bond donors (Lipinski definition) is 1. The Hall–Kier alpha value is -1.30. The number of aliphatic carboxylic acids is 1. The van der Waals surface area contributed by atoms with Gasteiger partial charge in [-0.1, -0.05) is 0 Å². The average molecular weight is 253 g/mol. The van der Waals surface area contributed by atoms with E-state index in [-0.39, 0.29) is 12.0 Å². The quantitative estimate of drug-likeness (QED) is 0.650. The van der Waals surface area contributed by atoms with Gasteiger partial charge in [0.2, 0.25) is 0 Å². The van der Waals surface area contributed by atoms with Crippen LogP contribution in [-0.4, -0.2) is 39.9 Å². The molecule has 0 radical (unpaired) electrons. The van der Waals surface area contributed by atoms with Crippen molar-refractivity contribution < 1.29 is 9.90 Å². The monoisotopic (exact) mass is 253 g/mol. The summed E-state index contributed by atoms with van der Waals surface area (Å²) in [5.74, 6) is -0.206. The number of anilines is 1. The van der Waals surface area contributed by atoms with Gasteiger partial charge in [0.25, 0.3) is 0 Å². The Bertz CT molecular complexity index is 427. The molecule has 0 aliphatic carbocycles. The molecule has 1 saturated heterocycles. The van der Waals surface area contributed by atoms with Crippen LogP contribution in [0.25, 0.3) is 0 Å². The number of hydrogen-bond acceptors (Lipinski definition) is 5. The first-order valence-corrected chi connectivity index (χ1v) is 6.71. The molecule has 0 saturated carbocycles. The second kappa shape index (κ2) is 4.91. The number of thioether (sulfide) groups is 1. The molecule has 0 spiro atoms. The van der Waals surface area contributed by atoms with Gasteiger partial charge in [-0.15, -0.1) is 11.8 Å². The van der Waals surface area contributed by atoms with Crippen molar-refractivity contribution in [1.82, 2.24) is 9.97 Å². The van der Waals surface area contributed by atoms with Crippen LogP contribution in [0.5, 0.6) is 0 Å². The van der Waals surface area contributed by atoms with Crippen molar-refractivity contribution >= 4 is 23.5 Å². The minimum absolute atomic E-state index is 0.0166.